The van der Waals surface area contributed by atoms with Gasteiger partial charge in [0.15, 0.2) is 6.23 Å². The largest absolute Gasteiger partial charge is 0.498 e. The van der Waals surface area contributed by atoms with Gasteiger partial charge in [0.05, 0.1) is 6.26 Å². The van der Waals surface area contributed by atoms with Crippen LogP contribution in [-0.2, 0) is 9.47 Å². The standard InChI is InChI=1S/C11H13BrN2O6/c12-2-4-19-5-6-8(16)9(17)10(20-6)14-3-1-7(15)13-11(14)18/h1-4,6,8-10,16-17H,5H2,(H,13,15,18)/b4-2+. The average Bonchev–Trinajstić information content (AvgIpc) is 2.68. The summed E-state index contributed by atoms with van der Waals surface area (Å²) in [4.78, 5) is 26.2. The van der Waals surface area contributed by atoms with Crippen molar-refractivity contribution in [3.8, 4) is 0 Å². The third-order valence-corrected chi connectivity index (χ3v) is 3.09. The number of ether oxygens (including phenoxy) is 2. The number of nitrogens with one attached hydrogen (secondary N) is 1. The van der Waals surface area contributed by atoms with Crippen molar-refractivity contribution < 1.29 is 19.7 Å². The molecule has 0 bridgehead atoms. The van der Waals surface area contributed by atoms with Gasteiger partial charge in [0.1, 0.15) is 24.9 Å². The van der Waals surface area contributed by atoms with Crippen molar-refractivity contribution in [3.63, 3.8) is 0 Å². The summed E-state index contributed by atoms with van der Waals surface area (Å²) in [5.41, 5.74) is -1.28. The second-order valence-corrected chi connectivity index (χ2v) is 4.69. The number of rotatable bonds is 4. The number of aliphatic hydroxyl groups excluding tert-OH is 2. The minimum absolute atomic E-state index is 0.00886. The van der Waals surface area contributed by atoms with Crippen LogP contribution in [0.3, 0.4) is 0 Å². The van der Waals surface area contributed by atoms with Crippen molar-refractivity contribution in [1.29, 1.82) is 0 Å². The lowest BCUT2D eigenvalue weighted by Crippen LogP contribution is -2.37. The average molecular weight is 349 g/mol. The second kappa shape index (κ2) is 6.35. The maximum atomic E-state index is 11.6. The first kappa shape index (κ1) is 15.0. The van der Waals surface area contributed by atoms with Crippen molar-refractivity contribution in [1.82, 2.24) is 9.55 Å². The predicted molar refractivity (Wildman–Crippen MR) is 71.3 cm³/mol. The lowest BCUT2D eigenvalue weighted by molar-refractivity contribution is -0.0568. The Morgan fingerprint density at radius 3 is 2.85 bits per heavy atom. The molecule has 0 saturated carbocycles. The van der Waals surface area contributed by atoms with Crippen LogP contribution in [0.2, 0.25) is 0 Å². The molecule has 0 radical (unpaired) electrons. The predicted octanol–water partition coefficient (Wildman–Crippen LogP) is -0.962. The summed E-state index contributed by atoms with van der Waals surface area (Å²) >= 11 is 3.01. The highest BCUT2D eigenvalue weighted by Gasteiger charge is 2.44. The quantitative estimate of drug-likeness (QED) is 0.604. The Balaban J connectivity index is 2.17. The van der Waals surface area contributed by atoms with E-state index in [-0.39, 0.29) is 6.61 Å². The van der Waals surface area contributed by atoms with E-state index in [1.165, 1.54) is 17.4 Å². The minimum Gasteiger partial charge on any atom is -0.498 e. The van der Waals surface area contributed by atoms with Gasteiger partial charge in [-0.3, -0.25) is 14.3 Å². The van der Waals surface area contributed by atoms with E-state index in [0.717, 1.165) is 10.6 Å². The van der Waals surface area contributed by atoms with Gasteiger partial charge in [-0.05, 0) is 0 Å². The molecule has 0 aliphatic carbocycles. The molecule has 110 valence electrons. The van der Waals surface area contributed by atoms with Crippen LogP contribution in [0.1, 0.15) is 6.23 Å². The zero-order valence-corrected chi connectivity index (χ0v) is 11.8. The summed E-state index contributed by atoms with van der Waals surface area (Å²) in [6, 6.07) is 1.13. The van der Waals surface area contributed by atoms with E-state index in [4.69, 9.17) is 9.47 Å². The molecule has 9 heteroatoms. The summed E-state index contributed by atoms with van der Waals surface area (Å²) in [6.07, 6.45) is -1.85. The van der Waals surface area contributed by atoms with Gasteiger partial charge in [0, 0.05) is 17.2 Å². The first-order chi connectivity index (χ1) is 9.54. The molecular weight excluding hydrogens is 336 g/mol. The Morgan fingerprint density at radius 1 is 1.45 bits per heavy atom. The van der Waals surface area contributed by atoms with Gasteiger partial charge in [-0.15, -0.1) is 0 Å². The van der Waals surface area contributed by atoms with Gasteiger partial charge in [-0.1, -0.05) is 15.9 Å². The number of hydrogen-bond donors (Lipinski definition) is 3. The first-order valence-corrected chi connectivity index (χ1v) is 6.66. The molecule has 0 amide bonds. The van der Waals surface area contributed by atoms with Crippen LogP contribution in [0.4, 0.5) is 0 Å². The Kier molecular flexibility index (Phi) is 4.76. The monoisotopic (exact) mass is 348 g/mol. The topological polar surface area (TPSA) is 114 Å². The summed E-state index contributed by atoms with van der Waals surface area (Å²) in [5, 5.41) is 19.8. The third-order valence-electron chi connectivity index (χ3n) is 2.87. The van der Waals surface area contributed by atoms with E-state index >= 15 is 0 Å². The van der Waals surface area contributed by atoms with Crippen LogP contribution < -0.4 is 11.2 Å². The van der Waals surface area contributed by atoms with Crippen LogP contribution >= 0.6 is 15.9 Å². The fourth-order valence-corrected chi connectivity index (χ4v) is 2.06. The molecule has 2 heterocycles. The molecule has 1 aliphatic heterocycles. The number of aliphatic hydroxyl groups is 2. The highest BCUT2D eigenvalue weighted by molar-refractivity contribution is 9.11. The first-order valence-electron chi connectivity index (χ1n) is 5.74. The van der Waals surface area contributed by atoms with E-state index in [9.17, 15) is 19.8 Å². The zero-order chi connectivity index (χ0) is 14.7. The van der Waals surface area contributed by atoms with Crippen LogP contribution in [0.5, 0.6) is 0 Å². The maximum absolute atomic E-state index is 11.6. The number of nitrogens with zero attached hydrogens (tertiary/aromatic N) is 1. The fraction of sp³-hybridized carbons (Fsp3) is 0.455. The zero-order valence-electron chi connectivity index (χ0n) is 10.2. The van der Waals surface area contributed by atoms with E-state index in [1.807, 2.05) is 4.98 Å². The molecule has 2 rings (SSSR count). The van der Waals surface area contributed by atoms with Crippen LogP contribution in [-0.4, -0.2) is 44.7 Å². The molecule has 0 spiro atoms. The molecular formula is C11H13BrN2O6. The van der Waals surface area contributed by atoms with Crippen molar-refractivity contribution in [2.45, 2.75) is 24.5 Å². The van der Waals surface area contributed by atoms with Gasteiger partial charge in [-0.2, -0.15) is 0 Å². The number of hydrogen-bond acceptors (Lipinski definition) is 6. The van der Waals surface area contributed by atoms with E-state index in [0.29, 0.717) is 0 Å². The second-order valence-electron chi connectivity index (χ2n) is 4.16. The summed E-state index contributed by atoms with van der Waals surface area (Å²) < 4.78 is 11.5. The highest BCUT2D eigenvalue weighted by Crippen LogP contribution is 2.28. The van der Waals surface area contributed by atoms with Crippen molar-refractivity contribution in [2.75, 3.05) is 6.61 Å². The van der Waals surface area contributed by atoms with Gasteiger partial charge in [0.25, 0.3) is 5.56 Å². The maximum Gasteiger partial charge on any atom is 0.330 e. The SMILES string of the molecule is O=c1ccn(C2OC(CO/C=C/Br)C(O)C2O)c(=O)[nH]1. The lowest BCUT2D eigenvalue weighted by Gasteiger charge is -2.16. The highest BCUT2D eigenvalue weighted by atomic mass is 79.9. The molecule has 3 N–H and O–H groups in total. The Bertz CT molecular complexity index is 597. The van der Waals surface area contributed by atoms with Crippen LogP contribution in [0.15, 0.2) is 33.1 Å². The molecule has 8 nitrogen and oxygen atoms in total. The molecule has 1 aromatic rings. The van der Waals surface area contributed by atoms with Crippen molar-refractivity contribution >= 4 is 15.9 Å². The third kappa shape index (κ3) is 3.01. The lowest BCUT2D eigenvalue weighted by atomic mass is 10.1. The van der Waals surface area contributed by atoms with Crippen LogP contribution in [0.25, 0.3) is 0 Å². The van der Waals surface area contributed by atoms with E-state index < -0.39 is 35.8 Å². The number of aromatic nitrogens is 2. The summed E-state index contributed by atoms with van der Waals surface area (Å²) in [5.74, 6) is 0. The summed E-state index contributed by atoms with van der Waals surface area (Å²) in [7, 11) is 0. The van der Waals surface area contributed by atoms with E-state index in [1.54, 1.807) is 0 Å². The molecule has 1 saturated heterocycles. The van der Waals surface area contributed by atoms with Gasteiger partial charge in [-0.25, -0.2) is 4.79 Å². The smallest absolute Gasteiger partial charge is 0.330 e. The number of halogens is 1. The molecule has 0 aromatic carbocycles. The molecule has 1 aromatic heterocycles. The minimum atomic E-state index is -1.31. The van der Waals surface area contributed by atoms with E-state index in [2.05, 4.69) is 15.9 Å². The summed E-state index contributed by atoms with van der Waals surface area (Å²) in [6.45, 7) is 0.00886. The van der Waals surface area contributed by atoms with Gasteiger partial charge >= 0.3 is 5.69 Å². The van der Waals surface area contributed by atoms with Crippen LogP contribution in [0, 0.1) is 0 Å². The van der Waals surface area contributed by atoms with Gasteiger partial charge < -0.3 is 19.7 Å². The molecule has 4 atom stereocenters. The molecule has 1 aliphatic rings. The fourth-order valence-electron chi connectivity index (χ4n) is 1.91. The Hall–Kier alpha value is -1.42. The molecule has 20 heavy (non-hydrogen) atoms. The molecule has 1 fully saturated rings. The number of H-pyrrole nitrogens is 1. The van der Waals surface area contributed by atoms with Gasteiger partial charge in [0.2, 0.25) is 0 Å². The number of aromatic amines is 1. The van der Waals surface area contributed by atoms with Crippen molar-refractivity contribution in [2.24, 2.45) is 0 Å². The normalized spacial score (nSPS) is 29.9. The van der Waals surface area contributed by atoms with Crippen molar-refractivity contribution in [3.05, 3.63) is 44.3 Å². The molecule has 4 unspecified atom stereocenters. The Morgan fingerprint density at radius 2 is 2.20 bits per heavy atom. The Labute approximate surface area is 121 Å².